The molecule has 2 fully saturated rings. The van der Waals surface area contributed by atoms with E-state index in [1.807, 2.05) is 0 Å². The Balaban J connectivity index is 1.24. The van der Waals surface area contributed by atoms with Crippen molar-refractivity contribution in [2.75, 3.05) is 40.0 Å². The molecule has 2 aliphatic carbocycles. The molecule has 0 bridgehead atoms. The van der Waals surface area contributed by atoms with Gasteiger partial charge >= 0.3 is 0 Å². The average Bonchev–Trinajstić information content (AvgIpc) is 3.55. The molecule has 7 nitrogen and oxygen atoms in total. The number of amidine groups is 2. The van der Waals surface area contributed by atoms with E-state index >= 15 is 0 Å². The fourth-order valence-corrected chi connectivity index (χ4v) is 4.81. The van der Waals surface area contributed by atoms with E-state index in [0.29, 0.717) is 24.2 Å². The molecule has 4 rings (SSSR count). The van der Waals surface area contributed by atoms with E-state index in [2.05, 4.69) is 52.3 Å². The minimum absolute atomic E-state index is 0.430. The molecule has 7 heteroatoms. The predicted molar refractivity (Wildman–Crippen MR) is 132 cm³/mol. The molecule has 1 atom stereocenters. The summed E-state index contributed by atoms with van der Waals surface area (Å²) >= 11 is 0. The fourth-order valence-electron chi connectivity index (χ4n) is 4.81. The van der Waals surface area contributed by atoms with Gasteiger partial charge in [0.15, 0.2) is 0 Å². The van der Waals surface area contributed by atoms with Gasteiger partial charge in [0.2, 0.25) is 0 Å². The van der Waals surface area contributed by atoms with E-state index < -0.39 is 0 Å². The van der Waals surface area contributed by atoms with Crippen LogP contribution in [0.4, 0.5) is 0 Å². The normalized spacial score (nSPS) is 29.2. The molecule has 178 valence electrons. The van der Waals surface area contributed by atoms with E-state index in [1.54, 1.807) is 7.11 Å². The summed E-state index contributed by atoms with van der Waals surface area (Å²) in [5.41, 5.74) is 2.97. The number of methoxy groups -OCH3 is 1. The maximum atomic E-state index is 5.25. The third-order valence-electron chi connectivity index (χ3n) is 7.25. The highest BCUT2D eigenvalue weighted by atomic mass is 16.5. The van der Waals surface area contributed by atoms with E-state index in [4.69, 9.17) is 9.73 Å². The molecule has 0 aromatic carbocycles. The van der Waals surface area contributed by atoms with Crippen LogP contribution in [-0.2, 0) is 4.74 Å². The van der Waals surface area contributed by atoms with Gasteiger partial charge < -0.3 is 26.0 Å². The Morgan fingerprint density at radius 2 is 2.03 bits per heavy atom. The summed E-state index contributed by atoms with van der Waals surface area (Å²) in [6, 6.07) is 1.06. The molecular weight excluding hydrogens is 400 g/mol. The highest BCUT2D eigenvalue weighted by molar-refractivity contribution is 5.97. The first kappa shape index (κ1) is 23.3. The van der Waals surface area contributed by atoms with Crippen LogP contribution < -0.4 is 21.3 Å². The molecule has 0 spiro atoms. The van der Waals surface area contributed by atoms with E-state index in [-0.39, 0.29) is 0 Å². The van der Waals surface area contributed by atoms with Gasteiger partial charge in [-0.3, -0.25) is 4.99 Å². The van der Waals surface area contributed by atoms with E-state index in [0.717, 1.165) is 50.3 Å². The first-order chi connectivity index (χ1) is 15.5. The molecular formula is C25H42N6O. The van der Waals surface area contributed by atoms with Crippen molar-refractivity contribution >= 4 is 11.7 Å². The van der Waals surface area contributed by atoms with Crippen LogP contribution >= 0.6 is 0 Å². The third-order valence-corrected chi connectivity index (χ3v) is 7.25. The summed E-state index contributed by atoms with van der Waals surface area (Å²) in [4.78, 5) is 9.48. The molecule has 2 saturated carbocycles. The smallest absolute Gasteiger partial charge is 0.125 e. The number of nitrogens with zero attached hydrogens (tertiary/aromatic N) is 2. The lowest BCUT2D eigenvalue weighted by molar-refractivity contribution is 0.158. The fraction of sp³-hybridized carbons (Fsp3) is 0.760. The Morgan fingerprint density at radius 1 is 1.22 bits per heavy atom. The van der Waals surface area contributed by atoms with E-state index in [1.165, 1.54) is 49.8 Å². The summed E-state index contributed by atoms with van der Waals surface area (Å²) in [5, 5.41) is 14.2. The van der Waals surface area contributed by atoms with E-state index in [9.17, 15) is 0 Å². The minimum Gasteiger partial charge on any atom is -0.383 e. The molecule has 0 radical (unpaired) electrons. The van der Waals surface area contributed by atoms with Gasteiger partial charge in [-0.15, -0.1) is 0 Å². The third kappa shape index (κ3) is 6.82. The number of hydrogen-bond acceptors (Lipinski definition) is 6. The van der Waals surface area contributed by atoms with Gasteiger partial charge in [-0.05, 0) is 74.9 Å². The highest BCUT2D eigenvalue weighted by Gasteiger charge is 2.36. The van der Waals surface area contributed by atoms with Gasteiger partial charge in [-0.1, -0.05) is 6.92 Å². The van der Waals surface area contributed by atoms with Crippen molar-refractivity contribution in [3.05, 3.63) is 23.4 Å². The molecule has 0 aromatic heterocycles. The van der Waals surface area contributed by atoms with Crippen LogP contribution in [0.5, 0.6) is 0 Å². The molecule has 2 heterocycles. The number of ether oxygens (including phenoxy) is 1. The first-order valence-corrected chi connectivity index (χ1v) is 12.5. The van der Waals surface area contributed by atoms with Crippen LogP contribution in [0.25, 0.3) is 0 Å². The quantitative estimate of drug-likeness (QED) is 0.441. The standard InChI is InChI=1S/C25H42N6O/c1-18(15-32-3)31-21-6-4-19(5-7-21)14-27-24-13-22(29-17-30-24)20-8-11-26-23(12-20)28-16-25(2)9-10-25/h12-13,18-19,21,29,31H,4-11,14-17H2,1-3H3,(H,26,28)(H,27,30)/t18-,19?,21?/m1/s1. The average molecular weight is 443 g/mol. The Labute approximate surface area is 193 Å². The molecule has 4 N–H and O–H groups in total. The molecule has 4 aliphatic rings. The Morgan fingerprint density at radius 3 is 2.78 bits per heavy atom. The van der Waals surface area contributed by atoms with Crippen molar-refractivity contribution in [3.8, 4) is 0 Å². The Bertz CT molecular complexity index is 758. The van der Waals surface area contributed by atoms with Crippen molar-refractivity contribution in [3.63, 3.8) is 0 Å². The van der Waals surface area contributed by atoms with Crippen molar-refractivity contribution < 1.29 is 4.74 Å². The summed E-state index contributed by atoms with van der Waals surface area (Å²) in [5.74, 6) is 2.77. The monoisotopic (exact) mass is 442 g/mol. The maximum absolute atomic E-state index is 5.25. The number of allylic oxidation sites excluding steroid dienone is 1. The van der Waals surface area contributed by atoms with Crippen molar-refractivity contribution in [1.82, 2.24) is 21.3 Å². The highest BCUT2D eigenvalue weighted by Crippen LogP contribution is 2.45. The lowest BCUT2D eigenvalue weighted by Crippen LogP contribution is -2.42. The molecule has 0 amide bonds. The Kier molecular flexibility index (Phi) is 7.89. The molecule has 0 saturated heterocycles. The van der Waals surface area contributed by atoms with Gasteiger partial charge in [0, 0.05) is 50.6 Å². The summed E-state index contributed by atoms with van der Waals surface area (Å²) in [6.07, 6.45) is 13.1. The largest absolute Gasteiger partial charge is 0.383 e. The predicted octanol–water partition coefficient (Wildman–Crippen LogP) is 2.72. The lowest BCUT2D eigenvalue weighted by Gasteiger charge is -2.31. The zero-order valence-electron chi connectivity index (χ0n) is 20.2. The zero-order chi connectivity index (χ0) is 22.4. The number of hydrogen-bond donors (Lipinski definition) is 4. The number of rotatable bonds is 9. The van der Waals surface area contributed by atoms with Crippen molar-refractivity contribution in [1.29, 1.82) is 0 Å². The Hall–Kier alpha value is -1.86. The second-order valence-electron chi connectivity index (χ2n) is 10.4. The summed E-state index contributed by atoms with van der Waals surface area (Å²) in [6.45, 7) is 8.84. The second kappa shape index (κ2) is 10.8. The van der Waals surface area contributed by atoms with Crippen LogP contribution in [-0.4, -0.2) is 63.8 Å². The summed E-state index contributed by atoms with van der Waals surface area (Å²) < 4.78 is 5.25. The minimum atomic E-state index is 0.430. The van der Waals surface area contributed by atoms with Crippen LogP contribution in [0.15, 0.2) is 33.4 Å². The van der Waals surface area contributed by atoms with Crippen LogP contribution in [0.1, 0.15) is 58.8 Å². The van der Waals surface area contributed by atoms with Gasteiger partial charge in [-0.2, -0.15) is 0 Å². The lowest BCUT2D eigenvalue weighted by atomic mass is 9.85. The second-order valence-corrected chi connectivity index (χ2v) is 10.4. The zero-order valence-corrected chi connectivity index (χ0v) is 20.2. The van der Waals surface area contributed by atoms with Crippen molar-refractivity contribution in [2.24, 2.45) is 21.3 Å². The van der Waals surface area contributed by atoms with Crippen LogP contribution in [0.3, 0.4) is 0 Å². The maximum Gasteiger partial charge on any atom is 0.125 e. The SMILES string of the molecule is COC[C@@H](C)NC1CCC(CNC2=NCNC(C3=CC(=NCC4(C)CC4)NCC3)=C2)CC1. The number of nitrogens with one attached hydrogen (secondary N) is 4. The summed E-state index contributed by atoms with van der Waals surface area (Å²) in [7, 11) is 1.77. The van der Waals surface area contributed by atoms with Gasteiger partial charge in [0.25, 0.3) is 0 Å². The topological polar surface area (TPSA) is 82.1 Å². The van der Waals surface area contributed by atoms with Gasteiger partial charge in [-0.25, -0.2) is 4.99 Å². The van der Waals surface area contributed by atoms with Gasteiger partial charge in [0.05, 0.1) is 6.61 Å². The molecule has 2 aliphatic heterocycles. The molecule has 0 unspecified atom stereocenters. The van der Waals surface area contributed by atoms with Crippen LogP contribution in [0, 0.1) is 11.3 Å². The molecule has 32 heavy (non-hydrogen) atoms. The van der Waals surface area contributed by atoms with Gasteiger partial charge in [0.1, 0.15) is 18.3 Å². The first-order valence-electron chi connectivity index (χ1n) is 12.5. The molecule has 0 aromatic rings. The number of aliphatic imine (C=N–C) groups is 2. The van der Waals surface area contributed by atoms with Crippen LogP contribution in [0.2, 0.25) is 0 Å². The van der Waals surface area contributed by atoms with Crippen molar-refractivity contribution in [2.45, 2.75) is 70.9 Å².